The van der Waals surface area contributed by atoms with Crippen molar-refractivity contribution in [1.82, 2.24) is 19.9 Å². The highest BCUT2D eigenvalue weighted by Gasteiger charge is 2.28. The van der Waals surface area contributed by atoms with Gasteiger partial charge in [0.1, 0.15) is 17.0 Å². The van der Waals surface area contributed by atoms with Gasteiger partial charge in [-0.1, -0.05) is 17.7 Å². The predicted octanol–water partition coefficient (Wildman–Crippen LogP) is 4.63. The fourth-order valence-electron chi connectivity index (χ4n) is 4.41. The van der Waals surface area contributed by atoms with Crippen molar-refractivity contribution in [3.63, 3.8) is 0 Å². The van der Waals surface area contributed by atoms with E-state index in [1.807, 2.05) is 6.08 Å². The van der Waals surface area contributed by atoms with Gasteiger partial charge >= 0.3 is 0 Å². The van der Waals surface area contributed by atoms with Crippen molar-refractivity contribution < 1.29 is 9.53 Å². The van der Waals surface area contributed by atoms with E-state index in [1.54, 1.807) is 36.7 Å². The number of carbonyl (C=O) groups is 1. The van der Waals surface area contributed by atoms with Gasteiger partial charge in [0.15, 0.2) is 0 Å². The van der Waals surface area contributed by atoms with Gasteiger partial charge in [-0.3, -0.25) is 4.79 Å². The Bertz CT molecular complexity index is 1310. The lowest BCUT2D eigenvalue weighted by molar-refractivity contribution is -0.124. The summed E-state index contributed by atoms with van der Waals surface area (Å²) in [6.07, 6.45) is 9.13. The Morgan fingerprint density at radius 3 is 2.85 bits per heavy atom. The van der Waals surface area contributed by atoms with Gasteiger partial charge in [0.05, 0.1) is 28.1 Å². The zero-order chi connectivity index (χ0) is 23.2. The molecule has 8 heteroatoms. The maximum Gasteiger partial charge on any atom is 0.249 e. The molecule has 0 spiro atoms. The average Bonchev–Trinajstić information content (AvgIpc) is 3.15. The molecule has 0 saturated heterocycles. The molecule has 1 aliphatic heterocycles. The number of ether oxygens (including phenoxy) is 1. The van der Waals surface area contributed by atoms with Crippen LogP contribution < -0.4 is 5.32 Å². The van der Waals surface area contributed by atoms with Crippen LogP contribution in [0.4, 0.5) is 5.82 Å². The zero-order valence-corrected chi connectivity index (χ0v) is 20.4. The third-order valence-electron chi connectivity index (χ3n) is 6.28. The average molecular weight is 464 g/mol. The molecule has 1 amide bonds. The predicted molar refractivity (Wildman–Crippen MR) is 132 cm³/mol. The summed E-state index contributed by atoms with van der Waals surface area (Å²) < 4.78 is 7.02. The number of hydrogen-bond acceptors (Lipinski definition) is 7. The Balaban J connectivity index is 1.34. The topological polar surface area (TPSA) is 80.2 Å². The molecule has 0 saturated carbocycles. The van der Waals surface area contributed by atoms with Gasteiger partial charge in [-0.25, -0.2) is 15.0 Å². The molecule has 0 bridgehead atoms. The molecule has 4 heterocycles. The number of likely N-dealkylation sites (N-methyl/N-ethyl adjacent to an activating group) is 1. The highest BCUT2D eigenvalue weighted by atomic mass is 32.1. The van der Waals surface area contributed by atoms with Gasteiger partial charge < -0.3 is 15.0 Å². The van der Waals surface area contributed by atoms with Crippen LogP contribution in [0.1, 0.15) is 44.4 Å². The molecule has 5 rings (SSSR count). The summed E-state index contributed by atoms with van der Waals surface area (Å²) >= 11 is 1.65. The Hall–Kier alpha value is -2.84. The largest absolute Gasteiger partial charge is 0.370 e. The van der Waals surface area contributed by atoms with Crippen LogP contribution in [-0.2, 0) is 22.6 Å². The van der Waals surface area contributed by atoms with Gasteiger partial charge in [-0.05, 0) is 39.2 Å². The van der Waals surface area contributed by atoms with Gasteiger partial charge in [-0.2, -0.15) is 0 Å². The van der Waals surface area contributed by atoms with E-state index in [9.17, 15) is 4.79 Å². The lowest BCUT2D eigenvalue weighted by Gasteiger charge is -2.30. The molecule has 3 aromatic rings. The fraction of sp³-hybridized carbons (Fsp3) is 0.440. The number of anilines is 1. The minimum Gasteiger partial charge on any atom is -0.370 e. The van der Waals surface area contributed by atoms with Crippen molar-refractivity contribution >= 4 is 43.5 Å². The van der Waals surface area contributed by atoms with Gasteiger partial charge in [-0.15, -0.1) is 11.3 Å². The molecule has 0 radical (unpaired) electrons. The highest BCUT2D eigenvalue weighted by Crippen LogP contribution is 2.38. The van der Waals surface area contributed by atoms with E-state index >= 15 is 0 Å². The molecule has 0 unspecified atom stereocenters. The Morgan fingerprint density at radius 1 is 1.24 bits per heavy atom. The van der Waals surface area contributed by atoms with E-state index in [0.29, 0.717) is 6.61 Å². The second-order valence-electron chi connectivity index (χ2n) is 9.57. The number of fused-ring (bicyclic) bond motifs is 4. The number of pyridine rings is 1. The molecule has 7 nitrogen and oxygen atoms in total. The number of allylic oxidation sites excluding steroid dienone is 2. The molecular weight excluding hydrogens is 434 g/mol. The third-order valence-corrected chi connectivity index (χ3v) is 7.38. The summed E-state index contributed by atoms with van der Waals surface area (Å²) in [6, 6.07) is 2.19. The molecule has 33 heavy (non-hydrogen) atoms. The summed E-state index contributed by atoms with van der Waals surface area (Å²) in [4.78, 5) is 28.8. The van der Waals surface area contributed by atoms with Crippen LogP contribution in [0.5, 0.6) is 0 Å². The number of aromatic nitrogens is 3. The standard InChI is InChI=1S/C25H29N5O2S/c1-25(2)12-19-17(13-32-25)11-18-20-21(33-23(18)29-19)22(28-14-27-20)26-10-9-15-5-7-16(8-6-15)24(31)30(3)4/h5,7,11,14H,6,8-10,12-13H2,1-4H3,(H,26,27,28). The van der Waals surface area contributed by atoms with Gasteiger partial charge in [0.2, 0.25) is 5.91 Å². The number of thiophene rings is 1. The molecule has 0 fully saturated rings. The molecule has 1 N–H and O–H groups in total. The van der Waals surface area contributed by atoms with E-state index in [-0.39, 0.29) is 11.5 Å². The quantitative estimate of drug-likeness (QED) is 0.594. The van der Waals surface area contributed by atoms with E-state index in [0.717, 1.165) is 75.3 Å². The second-order valence-corrected chi connectivity index (χ2v) is 10.6. The third kappa shape index (κ3) is 4.37. The first-order valence-corrected chi connectivity index (χ1v) is 12.2. The van der Waals surface area contributed by atoms with Crippen LogP contribution in [-0.4, -0.2) is 52.0 Å². The second kappa shape index (κ2) is 8.50. The number of nitrogens with zero attached hydrogens (tertiary/aromatic N) is 4. The van der Waals surface area contributed by atoms with E-state index in [2.05, 4.69) is 41.3 Å². The minimum absolute atomic E-state index is 0.0991. The molecule has 3 aromatic heterocycles. The first-order chi connectivity index (χ1) is 15.8. The Labute approximate surface area is 197 Å². The number of carbonyl (C=O) groups excluding carboxylic acids is 1. The highest BCUT2D eigenvalue weighted by molar-refractivity contribution is 7.25. The normalized spacial score (nSPS) is 17.5. The fourth-order valence-corrected chi connectivity index (χ4v) is 5.50. The zero-order valence-electron chi connectivity index (χ0n) is 19.6. The first kappa shape index (κ1) is 22.0. The summed E-state index contributed by atoms with van der Waals surface area (Å²) in [5.41, 5.74) is 5.26. The van der Waals surface area contributed by atoms with Crippen molar-refractivity contribution in [2.75, 3.05) is 26.0 Å². The van der Waals surface area contributed by atoms with Crippen molar-refractivity contribution in [1.29, 1.82) is 0 Å². The number of rotatable bonds is 5. The monoisotopic (exact) mass is 463 g/mol. The molecule has 0 aromatic carbocycles. The lowest BCUT2D eigenvalue weighted by atomic mass is 9.95. The molecule has 2 aliphatic rings. The minimum atomic E-state index is -0.180. The summed E-state index contributed by atoms with van der Waals surface area (Å²) in [7, 11) is 3.59. The van der Waals surface area contributed by atoms with Crippen LogP contribution in [0, 0.1) is 0 Å². The number of nitrogens with one attached hydrogen (secondary N) is 1. The molecule has 172 valence electrons. The van der Waals surface area contributed by atoms with Crippen LogP contribution in [0.2, 0.25) is 0 Å². The van der Waals surface area contributed by atoms with E-state index < -0.39 is 0 Å². The van der Waals surface area contributed by atoms with E-state index in [1.165, 1.54) is 5.57 Å². The maximum atomic E-state index is 12.1. The molecular formula is C25H29N5O2S. The van der Waals surface area contributed by atoms with Crippen molar-refractivity contribution in [2.24, 2.45) is 0 Å². The number of hydrogen-bond donors (Lipinski definition) is 1. The van der Waals surface area contributed by atoms with Gasteiger partial charge in [0.25, 0.3) is 0 Å². The Kier molecular flexibility index (Phi) is 5.66. The van der Waals surface area contributed by atoms with Crippen molar-refractivity contribution in [2.45, 2.75) is 51.7 Å². The Morgan fingerprint density at radius 2 is 2.09 bits per heavy atom. The summed E-state index contributed by atoms with van der Waals surface area (Å²) in [5.74, 6) is 0.954. The summed E-state index contributed by atoms with van der Waals surface area (Å²) in [6.45, 7) is 5.59. The molecule has 0 atom stereocenters. The van der Waals surface area contributed by atoms with E-state index in [4.69, 9.17) is 9.72 Å². The van der Waals surface area contributed by atoms with Crippen LogP contribution >= 0.6 is 11.3 Å². The lowest BCUT2D eigenvalue weighted by Crippen LogP contribution is -2.32. The van der Waals surface area contributed by atoms with Crippen molar-refractivity contribution in [3.05, 3.63) is 46.9 Å². The van der Waals surface area contributed by atoms with Crippen LogP contribution in [0.15, 0.2) is 35.7 Å². The number of amides is 1. The van der Waals surface area contributed by atoms with Gasteiger partial charge in [0, 0.05) is 43.6 Å². The smallest absolute Gasteiger partial charge is 0.249 e. The van der Waals surface area contributed by atoms with Crippen LogP contribution in [0.3, 0.4) is 0 Å². The van der Waals surface area contributed by atoms with Crippen LogP contribution in [0.25, 0.3) is 20.4 Å². The SMILES string of the molecule is CN(C)C(=O)C1=CC=C(CCNc2ncnc3c2sc2nc4c(cc23)COC(C)(C)C4)CC1. The maximum absolute atomic E-state index is 12.1. The first-order valence-electron chi connectivity index (χ1n) is 11.3. The molecule has 1 aliphatic carbocycles. The van der Waals surface area contributed by atoms with Crippen molar-refractivity contribution in [3.8, 4) is 0 Å². The summed E-state index contributed by atoms with van der Waals surface area (Å²) in [5, 5.41) is 4.57.